The maximum Gasteiger partial charge on any atom is 0.0760 e. The molecule has 2 nitrogen and oxygen atoms in total. The number of hydrogen-bond donors (Lipinski definition) is 2. The van der Waals surface area contributed by atoms with Gasteiger partial charge < -0.3 is 10.2 Å². The molecule has 0 aromatic carbocycles. The van der Waals surface area contributed by atoms with Gasteiger partial charge in [-0.2, -0.15) is 0 Å². The first-order chi connectivity index (χ1) is 10.5. The van der Waals surface area contributed by atoms with Crippen LogP contribution in [0.15, 0.2) is 0 Å². The fourth-order valence-electron chi connectivity index (χ4n) is 7.78. The zero-order valence-corrected chi connectivity index (χ0v) is 14.5. The van der Waals surface area contributed by atoms with Crippen LogP contribution in [0, 0.1) is 28.6 Å². The van der Waals surface area contributed by atoms with Crippen molar-refractivity contribution in [2.24, 2.45) is 28.6 Å². The molecule has 0 spiro atoms. The Morgan fingerprint density at radius 3 is 2.50 bits per heavy atom. The Morgan fingerprint density at radius 2 is 1.73 bits per heavy atom. The second-order valence-electron chi connectivity index (χ2n) is 9.27. The lowest BCUT2D eigenvalue weighted by Crippen LogP contribution is -2.63. The highest BCUT2D eigenvalue weighted by molar-refractivity contribution is 5.17. The van der Waals surface area contributed by atoms with E-state index in [1.807, 2.05) is 0 Å². The predicted octanol–water partition coefficient (Wildman–Crippen LogP) is 4.29. The summed E-state index contributed by atoms with van der Waals surface area (Å²) in [5, 5.41) is 22.4. The maximum atomic E-state index is 11.8. The van der Waals surface area contributed by atoms with E-state index in [0.717, 1.165) is 31.6 Å². The summed E-state index contributed by atoms with van der Waals surface area (Å²) in [6.07, 6.45) is 12.7. The predicted molar refractivity (Wildman–Crippen MR) is 88.4 cm³/mol. The molecule has 2 N–H and O–H groups in total. The van der Waals surface area contributed by atoms with Crippen molar-refractivity contribution in [3.63, 3.8) is 0 Å². The Bertz CT molecular complexity index is 449. The van der Waals surface area contributed by atoms with Crippen molar-refractivity contribution < 1.29 is 10.2 Å². The van der Waals surface area contributed by atoms with Crippen LogP contribution >= 0.6 is 0 Å². The molecule has 4 rings (SSSR count). The first-order valence-corrected chi connectivity index (χ1v) is 9.88. The number of fused-ring (bicyclic) bond motifs is 5. The van der Waals surface area contributed by atoms with Crippen molar-refractivity contribution in [3.8, 4) is 0 Å². The van der Waals surface area contributed by atoms with Gasteiger partial charge in [0.05, 0.1) is 11.7 Å². The highest BCUT2D eigenvalue weighted by atomic mass is 16.3. The number of rotatable bonds is 1. The van der Waals surface area contributed by atoms with Crippen molar-refractivity contribution in [2.45, 2.75) is 96.2 Å². The van der Waals surface area contributed by atoms with E-state index in [9.17, 15) is 10.2 Å². The minimum atomic E-state index is -0.588. The lowest BCUT2D eigenvalue weighted by molar-refractivity contribution is -0.219. The molecule has 4 aliphatic rings. The Morgan fingerprint density at radius 1 is 0.909 bits per heavy atom. The van der Waals surface area contributed by atoms with Gasteiger partial charge in [-0.3, -0.25) is 0 Å². The summed E-state index contributed by atoms with van der Waals surface area (Å²) in [4.78, 5) is 0. The van der Waals surface area contributed by atoms with Crippen LogP contribution in [0.3, 0.4) is 0 Å². The lowest BCUT2D eigenvalue weighted by Gasteiger charge is -2.63. The van der Waals surface area contributed by atoms with E-state index in [-0.39, 0.29) is 11.5 Å². The third kappa shape index (κ3) is 1.69. The third-order valence-corrected chi connectivity index (χ3v) is 9.05. The molecular weight excluding hydrogens is 272 g/mol. The molecule has 0 aromatic heterocycles. The topological polar surface area (TPSA) is 40.5 Å². The van der Waals surface area contributed by atoms with Crippen LogP contribution in [0.25, 0.3) is 0 Å². The van der Waals surface area contributed by atoms with E-state index in [1.165, 1.54) is 44.9 Å². The van der Waals surface area contributed by atoms with Crippen LogP contribution in [0.4, 0.5) is 0 Å². The van der Waals surface area contributed by atoms with Gasteiger partial charge in [0.1, 0.15) is 0 Å². The smallest absolute Gasteiger partial charge is 0.0760 e. The normalized spacial score (nSPS) is 57.8. The average Bonchev–Trinajstić information content (AvgIpc) is 2.79. The van der Waals surface area contributed by atoms with Crippen LogP contribution < -0.4 is 0 Å². The standard InChI is InChI=1S/C20H34O2/c1-3-19-12-9-15-16(20(19,22)13-10-17(19)21)8-7-14-6-4-5-11-18(14,15)2/h14-17,21-22H,3-13H2,1-2H3/t14-,15-,16+,17+,18-,19+,20-/m0/s1. The Hall–Kier alpha value is -0.0800. The van der Waals surface area contributed by atoms with Crippen molar-refractivity contribution in [2.75, 3.05) is 0 Å². The summed E-state index contributed by atoms with van der Waals surface area (Å²) < 4.78 is 0. The van der Waals surface area contributed by atoms with Gasteiger partial charge in [-0.25, -0.2) is 0 Å². The first kappa shape index (κ1) is 15.4. The van der Waals surface area contributed by atoms with E-state index in [1.54, 1.807) is 0 Å². The minimum Gasteiger partial charge on any atom is -0.392 e. The van der Waals surface area contributed by atoms with Crippen LogP contribution in [0.2, 0.25) is 0 Å². The molecule has 0 aliphatic heterocycles. The average molecular weight is 306 g/mol. The van der Waals surface area contributed by atoms with Gasteiger partial charge >= 0.3 is 0 Å². The number of aliphatic hydroxyl groups is 2. The summed E-state index contributed by atoms with van der Waals surface area (Å²) in [5.41, 5.74) is -0.327. The van der Waals surface area contributed by atoms with Crippen molar-refractivity contribution in [1.29, 1.82) is 0 Å². The van der Waals surface area contributed by atoms with Crippen molar-refractivity contribution >= 4 is 0 Å². The quantitative estimate of drug-likeness (QED) is 0.759. The fourth-order valence-corrected chi connectivity index (χ4v) is 7.78. The summed E-state index contributed by atoms with van der Waals surface area (Å²) >= 11 is 0. The van der Waals surface area contributed by atoms with Gasteiger partial charge in [0.25, 0.3) is 0 Å². The highest BCUT2D eigenvalue weighted by Gasteiger charge is 2.67. The molecule has 0 radical (unpaired) electrons. The van der Waals surface area contributed by atoms with Gasteiger partial charge in [-0.05, 0) is 81.0 Å². The molecule has 4 saturated carbocycles. The maximum absolute atomic E-state index is 11.8. The largest absolute Gasteiger partial charge is 0.392 e. The van der Waals surface area contributed by atoms with E-state index >= 15 is 0 Å². The molecule has 0 saturated heterocycles. The molecular formula is C20H34O2. The summed E-state index contributed by atoms with van der Waals surface area (Å²) in [5.74, 6) is 2.03. The Kier molecular flexibility index (Phi) is 3.48. The molecule has 7 atom stereocenters. The summed E-state index contributed by atoms with van der Waals surface area (Å²) in [6, 6.07) is 0. The minimum absolute atomic E-state index is 0.202. The first-order valence-electron chi connectivity index (χ1n) is 9.88. The molecule has 0 amide bonds. The lowest BCUT2D eigenvalue weighted by atomic mass is 9.43. The van der Waals surface area contributed by atoms with Crippen LogP contribution in [0.1, 0.15) is 84.5 Å². The highest BCUT2D eigenvalue weighted by Crippen LogP contribution is 2.68. The van der Waals surface area contributed by atoms with Gasteiger partial charge in [0.2, 0.25) is 0 Å². The van der Waals surface area contributed by atoms with Gasteiger partial charge in [0.15, 0.2) is 0 Å². The van der Waals surface area contributed by atoms with Gasteiger partial charge in [-0.15, -0.1) is 0 Å². The molecule has 0 heterocycles. The van der Waals surface area contributed by atoms with Crippen LogP contribution in [-0.4, -0.2) is 21.9 Å². The van der Waals surface area contributed by atoms with Crippen molar-refractivity contribution in [1.82, 2.24) is 0 Å². The number of hydrogen-bond acceptors (Lipinski definition) is 2. The molecule has 0 bridgehead atoms. The summed E-state index contributed by atoms with van der Waals surface area (Å²) in [7, 11) is 0. The van der Waals surface area contributed by atoms with E-state index in [2.05, 4.69) is 13.8 Å². The van der Waals surface area contributed by atoms with Gasteiger partial charge in [-0.1, -0.05) is 26.7 Å². The van der Waals surface area contributed by atoms with Gasteiger partial charge in [0, 0.05) is 5.41 Å². The van der Waals surface area contributed by atoms with Crippen molar-refractivity contribution in [3.05, 3.63) is 0 Å². The molecule has 0 unspecified atom stereocenters. The zero-order chi connectivity index (χ0) is 15.6. The molecule has 4 aliphatic carbocycles. The summed E-state index contributed by atoms with van der Waals surface area (Å²) in [6.45, 7) is 4.73. The third-order valence-electron chi connectivity index (χ3n) is 9.05. The molecule has 126 valence electrons. The second kappa shape index (κ2) is 4.96. The van der Waals surface area contributed by atoms with E-state index < -0.39 is 5.60 Å². The SMILES string of the molecule is CC[C@]12CC[C@H]3[C@@H](CC[C@@H]4CCCC[C@@]43C)[C@@]1(O)CC[C@H]2O. The molecule has 2 heteroatoms. The molecule has 4 fully saturated rings. The second-order valence-corrected chi connectivity index (χ2v) is 9.27. The van der Waals surface area contributed by atoms with E-state index in [4.69, 9.17) is 0 Å². The fraction of sp³-hybridized carbons (Fsp3) is 1.00. The Labute approximate surface area is 135 Å². The molecule has 22 heavy (non-hydrogen) atoms. The molecule has 0 aromatic rings. The van der Waals surface area contributed by atoms with Crippen LogP contribution in [-0.2, 0) is 0 Å². The number of aliphatic hydroxyl groups excluding tert-OH is 1. The zero-order valence-electron chi connectivity index (χ0n) is 14.5. The van der Waals surface area contributed by atoms with Crippen LogP contribution in [0.5, 0.6) is 0 Å². The monoisotopic (exact) mass is 306 g/mol. The van der Waals surface area contributed by atoms with E-state index in [0.29, 0.717) is 17.3 Å². The Balaban J connectivity index is 1.71.